The Morgan fingerprint density at radius 1 is 0.470 bits per heavy atom. The molecular weight excluding hydrogens is 1680 g/mol. The zero-order chi connectivity index (χ0) is 97.1. The summed E-state index contributed by atoms with van der Waals surface area (Å²) in [5, 5.41) is 13.9. The van der Waals surface area contributed by atoms with E-state index in [9.17, 15) is 38.7 Å². The van der Waals surface area contributed by atoms with Gasteiger partial charge in [0.05, 0.1) is 19.3 Å². The molecule has 14 bridgehead atoms. The number of carbonyl (C=O) groups excluding carboxylic acids is 7. The highest BCUT2D eigenvalue weighted by molar-refractivity contribution is 5.72. The first kappa shape index (κ1) is 105. The number of carbonyl (C=O) groups is 7. The third kappa shape index (κ3) is 21.4. The molecule has 750 valence electrons. The Hall–Kier alpha value is -6.43. The van der Waals surface area contributed by atoms with Crippen LogP contribution < -0.4 is 10.1 Å². The van der Waals surface area contributed by atoms with E-state index in [1.165, 1.54) is 119 Å². The molecule has 24 unspecified atom stereocenters. The molecule has 2 aromatic carbocycles. The number of fused-ring (bicyclic) bond motifs is 15. The number of benzene rings is 2. The van der Waals surface area contributed by atoms with Crippen molar-refractivity contribution in [2.24, 2.45) is 131 Å². The van der Waals surface area contributed by atoms with Gasteiger partial charge in [0, 0.05) is 84.1 Å². The number of methoxy groups -OCH3 is 1. The maximum Gasteiger partial charge on any atom is 0.410 e. The van der Waals surface area contributed by atoms with Gasteiger partial charge in [0.2, 0.25) is 0 Å². The number of nitrogens with one attached hydrogen (secondary N) is 1. The lowest BCUT2D eigenvalue weighted by atomic mass is 9.70. The minimum atomic E-state index is -1.01. The number of aryl methyl sites for hydroxylation is 2. The molecule has 19 rings (SSSR count). The average molecular weight is 1860 g/mol. The van der Waals surface area contributed by atoms with Crippen LogP contribution in [0.15, 0.2) is 73.8 Å². The molecule has 24 atom stereocenters. The molecule has 2 N–H and O–H groups in total. The number of aliphatic hydroxyl groups is 1. The fourth-order valence-electron chi connectivity index (χ4n) is 30.0. The Balaban J connectivity index is 0.000000134. The molecule has 2 amide bonds. The molecule has 0 aromatic heterocycles. The molecule has 16 aliphatic carbocycles. The summed E-state index contributed by atoms with van der Waals surface area (Å²) in [6.45, 7) is 52.7. The number of hydrogen-bond donors (Lipinski definition) is 2. The van der Waals surface area contributed by atoms with Gasteiger partial charge in [-0.15, -0.1) is 13.2 Å². The number of likely N-dealkylation sites (tertiary alicyclic amines) is 1. The van der Waals surface area contributed by atoms with Crippen molar-refractivity contribution in [3.05, 3.63) is 90.5 Å². The fraction of sp³-hybridized carbons (Fsp3) is 0.802. The number of amides is 2. The van der Waals surface area contributed by atoms with Crippen molar-refractivity contribution in [1.29, 1.82) is 0 Å². The molecule has 0 spiro atoms. The first-order chi connectivity index (χ1) is 63.3. The van der Waals surface area contributed by atoms with Crippen LogP contribution in [0.5, 0.6) is 5.75 Å². The Bertz CT molecular complexity index is 4340. The molecular formula is C116H180N2O16. The topological polar surface area (TPSA) is 229 Å². The summed E-state index contributed by atoms with van der Waals surface area (Å²) in [6, 6.07) is 16.4. The number of nitrogens with zero attached hydrogens (tertiary/aromatic N) is 1. The third-order valence-corrected chi connectivity index (χ3v) is 41.8. The van der Waals surface area contributed by atoms with Gasteiger partial charge in [-0.3, -0.25) is 24.0 Å². The van der Waals surface area contributed by atoms with Crippen LogP contribution in [-0.2, 0) is 76.4 Å². The van der Waals surface area contributed by atoms with Gasteiger partial charge < -0.3 is 53.2 Å². The summed E-state index contributed by atoms with van der Waals surface area (Å²) in [4.78, 5) is 85.7. The lowest BCUT2D eigenvalue weighted by Crippen LogP contribution is -2.50. The maximum absolute atomic E-state index is 12.7. The normalized spacial score (nSPS) is 37.8. The van der Waals surface area contributed by atoms with E-state index in [0.29, 0.717) is 83.9 Å². The van der Waals surface area contributed by atoms with E-state index in [4.69, 9.17) is 37.9 Å². The van der Waals surface area contributed by atoms with E-state index in [1.54, 1.807) is 19.3 Å². The zero-order valence-corrected chi connectivity index (χ0v) is 87.0. The minimum Gasteiger partial charge on any atom is -0.496 e. The molecule has 2 aromatic rings. The molecule has 18 nitrogen and oxygen atoms in total. The summed E-state index contributed by atoms with van der Waals surface area (Å²) in [7, 11) is 1.73. The fourth-order valence-corrected chi connectivity index (χ4v) is 30.0. The van der Waals surface area contributed by atoms with Gasteiger partial charge in [-0.25, -0.2) is 9.59 Å². The highest BCUT2D eigenvalue weighted by Gasteiger charge is 2.68. The Morgan fingerprint density at radius 2 is 0.903 bits per heavy atom. The second kappa shape index (κ2) is 42.6. The van der Waals surface area contributed by atoms with Crippen LogP contribution in [0.1, 0.15) is 379 Å². The highest BCUT2D eigenvalue weighted by Crippen LogP contribution is 2.71. The van der Waals surface area contributed by atoms with E-state index >= 15 is 0 Å². The minimum absolute atomic E-state index is 0.00271. The predicted octanol–water partition coefficient (Wildman–Crippen LogP) is 26.0. The molecule has 17 aliphatic rings. The summed E-state index contributed by atoms with van der Waals surface area (Å²) in [6.07, 6.45) is 45.7. The van der Waals surface area contributed by atoms with E-state index in [2.05, 4.69) is 167 Å². The van der Waals surface area contributed by atoms with Crippen LogP contribution in [0, 0.1) is 131 Å². The smallest absolute Gasteiger partial charge is 0.410 e. The van der Waals surface area contributed by atoms with Crippen LogP contribution in [0.3, 0.4) is 0 Å². The SMILES string of the molecule is C=CC1CCC(C=C)C1(O)CNC(=O)OC1CC2CCC1(C)C2(C)C.CC(C)CC(=O)OC1CC2CCC1(C)C2(C)C.CC1(C)C2CCC1(C)C(OC(=O)N1CCCC1)C2.CCC(=O)OC1CC2CCC1(C)C2(C)C.CCCCCC(=O)OC1CC2CCC1C2.COc1cccc2c1CC(CC(=O)OC1CC3CCC1(C)C3(C)C)CC2.O=C(CCc1ccccc1)OC1CC2CCC1C2. The number of alkyl carbamates (subject to hydrolysis) is 1. The standard InChI is InChI=1S/C23H32O3.C21H33NO3.C16H20O2.C15H25NO2.C15H26O2.2C13H22O2/c1-22(2)17-10-11-23(22,3)20(14-17)26-21(24)13-15-8-9-16-6-5-7-19(25-4)18(16)12-15;1-6-14-8-9-15(7-2)21(14,24)13-22-18(23)25-17-12-16-10-11-20(17,5)19(16,3)4;17-16(9-7-12-4-2-1-3-5-12)18-15-11-13-6-8-14(15)10-13;1-14(2)11-6-7-15(14,3)12(10-11)18-13(17)16-8-4-5-9-16;1-10(2)8-13(16)17-12-9-11-6-7-15(12,5)14(11,3)4;1-5-11(14)15-10-8-9-6-7-13(10,4)12(9,2)3;1-2-3-4-5-13(14)15-12-9-10-6-7-11(12)8-10/h5-7,15,17,20H,8-14H2,1-4H3;6-7,14-17,24H,1-2,8-13H2,3-5H3,(H,22,23);1-5,13-15H,6-11H2;11-12H,4-10H2,1-3H3;10-12H,6-9H2,1-5H3;9-10H,5-8H2,1-4H3;10-12H,2-9H2,1H3. The van der Waals surface area contributed by atoms with Gasteiger partial charge in [0.1, 0.15) is 48.5 Å². The summed E-state index contributed by atoms with van der Waals surface area (Å²) in [5.74, 6) is 8.26. The van der Waals surface area contributed by atoms with Gasteiger partial charge in [-0.2, -0.15) is 0 Å². The number of hydrogen-bond acceptors (Lipinski definition) is 16. The van der Waals surface area contributed by atoms with Crippen molar-refractivity contribution in [2.45, 2.75) is 430 Å². The Kier molecular flexibility index (Phi) is 33.3. The van der Waals surface area contributed by atoms with E-state index in [1.807, 2.05) is 36.1 Å². The lowest BCUT2D eigenvalue weighted by molar-refractivity contribution is -0.158. The number of unbranched alkanes of at least 4 members (excludes halogenated alkanes) is 2. The molecule has 0 radical (unpaired) electrons. The third-order valence-electron chi connectivity index (χ3n) is 41.8. The van der Waals surface area contributed by atoms with Crippen LogP contribution in [0.4, 0.5) is 9.59 Å². The van der Waals surface area contributed by atoms with E-state index < -0.39 is 11.7 Å². The Labute approximate surface area is 808 Å². The average Bonchev–Trinajstić information content (AvgIpc) is 1.58. The van der Waals surface area contributed by atoms with Crippen LogP contribution >= 0.6 is 0 Å². The van der Waals surface area contributed by atoms with Gasteiger partial charge >= 0.3 is 42.0 Å². The molecule has 15 saturated carbocycles. The van der Waals surface area contributed by atoms with Crippen molar-refractivity contribution in [3.63, 3.8) is 0 Å². The van der Waals surface area contributed by atoms with Crippen LogP contribution in [0.25, 0.3) is 0 Å². The number of esters is 5. The van der Waals surface area contributed by atoms with Crippen molar-refractivity contribution in [1.82, 2.24) is 10.2 Å². The molecule has 18 heteroatoms. The Morgan fingerprint density at radius 3 is 1.29 bits per heavy atom. The van der Waals surface area contributed by atoms with Crippen molar-refractivity contribution in [3.8, 4) is 5.75 Å². The van der Waals surface area contributed by atoms with Gasteiger partial charge in [0.25, 0.3) is 0 Å². The maximum atomic E-state index is 12.7. The molecule has 16 fully saturated rings. The highest BCUT2D eigenvalue weighted by atomic mass is 16.6. The summed E-state index contributed by atoms with van der Waals surface area (Å²) < 4.78 is 45.8. The van der Waals surface area contributed by atoms with Crippen LogP contribution in [-0.4, -0.2) is 127 Å². The van der Waals surface area contributed by atoms with Gasteiger partial charge in [-0.1, -0.05) is 199 Å². The second-order valence-electron chi connectivity index (χ2n) is 49.8. The molecule has 134 heavy (non-hydrogen) atoms. The first-order valence-electron chi connectivity index (χ1n) is 53.8. The van der Waals surface area contributed by atoms with Crippen LogP contribution in [0.2, 0.25) is 0 Å². The van der Waals surface area contributed by atoms with E-state index in [0.717, 1.165) is 164 Å². The van der Waals surface area contributed by atoms with Crippen molar-refractivity contribution >= 4 is 42.0 Å². The van der Waals surface area contributed by atoms with Gasteiger partial charge in [-0.05, 0) is 320 Å². The number of ether oxygens (including phenoxy) is 8. The van der Waals surface area contributed by atoms with Crippen molar-refractivity contribution in [2.75, 3.05) is 26.7 Å². The number of rotatable bonds is 24. The lowest BCUT2D eigenvalue weighted by Gasteiger charge is -2.38. The molecule has 1 aliphatic heterocycles. The largest absolute Gasteiger partial charge is 0.496 e. The summed E-state index contributed by atoms with van der Waals surface area (Å²) >= 11 is 0. The predicted molar refractivity (Wildman–Crippen MR) is 529 cm³/mol. The van der Waals surface area contributed by atoms with Gasteiger partial charge in [0.15, 0.2) is 0 Å². The second-order valence-corrected chi connectivity index (χ2v) is 49.8. The zero-order valence-electron chi connectivity index (χ0n) is 87.0. The summed E-state index contributed by atoms with van der Waals surface area (Å²) in [5.41, 5.74) is 5.14. The van der Waals surface area contributed by atoms with E-state index in [-0.39, 0.29) is 135 Å². The van der Waals surface area contributed by atoms with Crippen molar-refractivity contribution < 1.29 is 76.6 Å². The first-order valence-corrected chi connectivity index (χ1v) is 53.8. The molecule has 1 saturated heterocycles. The monoisotopic (exact) mass is 1860 g/mol. The molecule has 1 heterocycles. The quantitative estimate of drug-likeness (QED) is 0.0431.